The quantitative estimate of drug-likeness (QED) is 0.836. The van der Waals surface area contributed by atoms with Crippen molar-refractivity contribution in [2.24, 2.45) is 5.92 Å². The van der Waals surface area contributed by atoms with Crippen molar-refractivity contribution in [3.8, 4) is 0 Å². The van der Waals surface area contributed by atoms with Gasteiger partial charge >= 0.3 is 0 Å². The summed E-state index contributed by atoms with van der Waals surface area (Å²) in [6.07, 6.45) is 8.30. The van der Waals surface area contributed by atoms with Crippen molar-refractivity contribution in [3.63, 3.8) is 0 Å². The van der Waals surface area contributed by atoms with Gasteiger partial charge in [-0.15, -0.1) is 0 Å². The van der Waals surface area contributed by atoms with Gasteiger partial charge in [-0.25, -0.2) is 4.98 Å². The number of aryl methyl sites for hydroxylation is 1. The van der Waals surface area contributed by atoms with Gasteiger partial charge in [0.05, 0.1) is 12.5 Å². The molecule has 2 aromatic rings. The lowest BCUT2D eigenvalue weighted by Crippen LogP contribution is -2.36. The number of hydrogen-bond donors (Lipinski definition) is 0. The number of piperidine rings is 1. The van der Waals surface area contributed by atoms with Gasteiger partial charge in [0.15, 0.2) is 0 Å². The molecular weight excluding hydrogens is 316 g/mol. The Hall–Kier alpha value is -1.95. The summed E-state index contributed by atoms with van der Waals surface area (Å²) in [6.45, 7) is 7.59. The highest BCUT2D eigenvalue weighted by molar-refractivity contribution is 5.21. The van der Waals surface area contributed by atoms with Crippen LogP contribution in [0.3, 0.4) is 0 Å². The largest absolute Gasteiger partial charge is 0.361 e. The van der Waals surface area contributed by atoms with Crippen molar-refractivity contribution in [2.45, 2.75) is 58.5 Å². The Balaban J connectivity index is 1.33. The zero-order valence-corrected chi connectivity index (χ0v) is 15.1. The molecule has 0 bridgehead atoms. The lowest BCUT2D eigenvalue weighted by Gasteiger charge is -2.32. The summed E-state index contributed by atoms with van der Waals surface area (Å²) in [7, 11) is 0. The molecule has 4 rings (SSSR count). The van der Waals surface area contributed by atoms with Crippen molar-refractivity contribution in [1.29, 1.82) is 0 Å². The Morgan fingerprint density at radius 3 is 2.68 bits per heavy atom. The van der Waals surface area contributed by atoms with E-state index in [1.807, 2.05) is 20.0 Å². The molecule has 25 heavy (non-hydrogen) atoms. The number of rotatable bonds is 5. The Morgan fingerprint density at radius 1 is 1.20 bits per heavy atom. The summed E-state index contributed by atoms with van der Waals surface area (Å²) in [4.78, 5) is 19.2. The lowest BCUT2D eigenvalue weighted by molar-refractivity contribution is 0.165. The minimum atomic E-state index is 0.105. The van der Waals surface area contributed by atoms with Crippen LogP contribution in [0.15, 0.2) is 21.8 Å². The molecule has 0 radical (unpaired) electrons. The van der Waals surface area contributed by atoms with Crippen LogP contribution in [-0.2, 0) is 13.1 Å². The van der Waals surface area contributed by atoms with Crippen LogP contribution in [0.1, 0.15) is 54.2 Å². The van der Waals surface area contributed by atoms with Crippen LogP contribution < -0.4 is 5.56 Å². The first kappa shape index (κ1) is 16.5. The van der Waals surface area contributed by atoms with E-state index < -0.39 is 0 Å². The molecule has 0 N–H and O–H groups in total. The monoisotopic (exact) mass is 342 g/mol. The summed E-state index contributed by atoms with van der Waals surface area (Å²) in [5, 5.41) is 4.00. The molecular formula is C19H26N4O2. The van der Waals surface area contributed by atoms with Gasteiger partial charge in [-0.1, -0.05) is 5.16 Å². The van der Waals surface area contributed by atoms with Crippen LogP contribution in [-0.4, -0.2) is 32.7 Å². The molecule has 0 unspecified atom stereocenters. The second kappa shape index (κ2) is 6.75. The fraction of sp³-hybridized carbons (Fsp3) is 0.632. The number of aromatic nitrogens is 3. The van der Waals surface area contributed by atoms with Crippen LogP contribution >= 0.6 is 0 Å². The first-order chi connectivity index (χ1) is 12.1. The normalized spacial score (nSPS) is 19.4. The molecule has 0 spiro atoms. The zero-order chi connectivity index (χ0) is 17.4. The summed E-state index contributed by atoms with van der Waals surface area (Å²) in [5.74, 6) is 2.26. The third kappa shape index (κ3) is 3.54. The third-order valence-electron chi connectivity index (χ3n) is 5.70. The van der Waals surface area contributed by atoms with Crippen molar-refractivity contribution < 1.29 is 4.52 Å². The van der Waals surface area contributed by atoms with E-state index >= 15 is 0 Å². The molecule has 0 atom stereocenters. The maximum absolute atomic E-state index is 12.3. The van der Waals surface area contributed by atoms with E-state index in [4.69, 9.17) is 4.52 Å². The molecule has 2 aliphatic rings. The molecule has 1 aliphatic carbocycles. The van der Waals surface area contributed by atoms with E-state index in [-0.39, 0.29) is 5.56 Å². The summed E-state index contributed by atoms with van der Waals surface area (Å²) in [5.41, 5.74) is 2.96. The molecule has 2 fully saturated rings. The molecule has 2 aromatic heterocycles. The molecule has 1 saturated heterocycles. The average Bonchev–Trinajstić information content (AvgIpc) is 3.36. The van der Waals surface area contributed by atoms with Gasteiger partial charge in [-0.2, -0.15) is 0 Å². The van der Waals surface area contributed by atoms with Crippen molar-refractivity contribution >= 4 is 0 Å². The molecule has 0 aromatic carbocycles. The summed E-state index contributed by atoms with van der Waals surface area (Å²) >= 11 is 0. The van der Waals surface area contributed by atoms with E-state index in [9.17, 15) is 4.79 Å². The Labute approximate surface area is 147 Å². The van der Waals surface area contributed by atoms with Crippen LogP contribution in [0.25, 0.3) is 0 Å². The molecule has 1 aliphatic heterocycles. The van der Waals surface area contributed by atoms with Gasteiger partial charge < -0.3 is 4.52 Å². The minimum absolute atomic E-state index is 0.105. The summed E-state index contributed by atoms with van der Waals surface area (Å²) in [6, 6.07) is 0. The summed E-state index contributed by atoms with van der Waals surface area (Å²) < 4.78 is 7.23. The number of nitrogens with zero attached hydrogens (tertiary/aromatic N) is 4. The van der Waals surface area contributed by atoms with E-state index in [0.717, 1.165) is 56.0 Å². The van der Waals surface area contributed by atoms with E-state index in [0.29, 0.717) is 11.8 Å². The number of hydrogen-bond acceptors (Lipinski definition) is 5. The van der Waals surface area contributed by atoms with Crippen LogP contribution in [0.5, 0.6) is 0 Å². The van der Waals surface area contributed by atoms with Crippen LogP contribution in [0, 0.1) is 19.8 Å². The standard InChI is InChI=1S/C19H26N4O2/c1-13-14(2)20-12-23(19(13)24)10-15-5-7-22(8-6-15)11-17-9-21-25-18(17)16-3-4-16/h9,12,15-16H,3-8,10-11H2,1-2H3. The second-order valence-corrected chi connectivity index (χ2v) is 7.62. The Kier molecular flexibility index (Phi) is 4.46. The van der Waals surface area contributed by atoms with E-state index in [1.165, 1.54) is 18.4 Å². The van der Waals surface area contributed by atoms with Gasteiger partial charge in [0, 0.05) is 35.8 Å². The van der Waals surface area contributed by atoms with Crippen molar-refractivity contribution in [3.05, 3.63) is 45.5 Å². The lowest BCUT2D eigenvalue weighted by atomic mass is 9.96. The van der Waals surface area contributed by atoms with Crippen molar-refractivity contribution in [1.82, 2.24) is 19.6 Å². The smallest absolute Gasteiger partial charge is 0.256 e. The highest BCUT2D eigenvalue weighted by atomic mass is 16.5. The molecule has 6 heteroatoms. The maximum Gasteiger partial charge on any atom is 0.256 e. The van der Waals surface area contributed by atoms with Gasteiger partial charge in [0.2, 0.25) is 0 Å². The number of likely N-dealkylation sites (tertiary alicyclic amines) is 1. The molecule has 0 amide bonds. The van der Waals surface area contributed by atoms with E-state index in [2.05, 4.69) is 15.0 Å². The molecule has 3 heterocycles. The van der Waals surface area contributed by atoms with Crippen molar-refractivity contribution in [2.75, 3.05) is 13.1 Å². The Bertz CT molecular complexity index is 798. The maximum atomic E-state index is 12.3. The van der Waals surface area contributed by atoms with Gasteiger partial charge in [-0.05, 0) is 58.5 Å². The molecule has 6 nitrogen and oxygen atoms in total. The molecule has 1 saturated carbocycles. The molecule has 134 valence electrons. The average molecular weight is 342 g/mol. The Morgan fingerprint density at radius 2 is 1.96 bits per heavy atom. The first-order valence-corrected chi connectivity index (χ1v) is 9.30. The van der Waals surface area contributed by atoms with Crippen LogP contribution in [0.4, 0.5) is 0 Å². The first-order valence-electron chi connectivity index (χ1n) is 9.30. The highest BCUT2D eigenvalue weighted by Gasteiger charge is 2.31. The second-order valence-electron chi connectivity index (χ2n) is 7.62. The van der Waals surface area contributed by atoms with Gasteiger partial charge in [0.25, 0.3) is 5.56 Å². The topological polar surface area (TPSA) is 64.2 Å². The fourth-order valence-electron chi connectivity index (χ4n) is 3.72. The predicted octanol–water partition coefficient (Wildman–Crippen LogP) is 2.64. The SMILES string of the molecule is Cc1ncn(CC2CCN(Cc3cnoc3C3CC3)CC2)c(=O)c1C. The van der Waals surface area contributed by atoms with Gasteiger partial charge in [-0.3, -0.25) is 14.3 Å². The van der Waals surface area contributed by atoms with E-state index in [1.54, 1.807) is 10.9 Å². The third-order valence-corrected chi connectivity index (χ3v) is 5.70. The predicted molar refractivity (Wildman–Crippen MR) is 94.5 cm³/mol. The van der Waals surface area contributed by atoms with Gasteiger partial charge in [0.1, 0.15) is 5.76 Å². The zero-order valence-electron chi connectivity index (χ0n) is 15.1. The fourth-order valence-corrected chi connectivity index (χ4v) is 3.72. The minimum Gasteiger partial charge on any atom is -0.361 e. The van der Waals surface area contributed by atoms with Crippen LogP contribution in [0.2, 0.25) is 0 Å². The highest BCUT2D eigenvalue weighted by Crippen LogP contribution is 2.42.